The zero-order chi connectivity index (χ0) is 14.7. The predicted octanol–water partition coefficient (Wildman–Crippen LogP) is 5.43. The average molecular weight is 444 g/mol. The van der Waals surface area contributed by atoms with Crippen LogP contribution in [0, 0.1) is 3.57 Å². The first-order valence-corrected chi connectivity index (χ1v) is 8.21. The Labute approximate surface area is 141 Å². The molecule has 0 aliphatic heterocycles. The number of carbonyl (C=O) groups is 1. The monoisotopic (exact) mass is 443 g/mol. The van der Waals surface area contributed by atoms with Gasteiger partial charge in [-0.2, -0.15) is 0 Å². The van der Waals surface area contributed by atoms with Crippen molar-refractivity contribution in [2.24, 2.45) is 0 Å². The lowest BCUT2D eigenvalue weighted by Crippen LogP contribution is -2.13. The first-order valence-electron chi connectivity index (χ1n) is 6.33. The summed E-state index contributed by atoms with van der Waals surface area (Å²) in [5.74, 6) is 0.402. The van der Waals surface area contributed by atoms with Gasteiger partial charge in [-0.05, 0) is 64.4 Å². The van der Waals surface area contributed by atoms with E-state index in [0.717, 1.165) is 13.7 Å². The van der Waals surface area contributed by atoms with Crippen molar-refractivity contribution < 1.29 is 4.79 Å². The maximum atomic E-state index is 12.3. The van der Waals surface area contributed by atoms with Crippen molar-refractivity contribution in [3.63, 3.8) is 0 Å². The molecule has 1 N–H and O–H groups in total. The van der Waals surface area contributed by atoms with E-state index < -0.39 is 0 Å². The molecule has 0 aromatic heterocycles. The van der Waals surface area contributed by atoms with Crippen LogP contribution in [0.4, 0.5) is 5.69 Å². The average Bonchev–Trinajstić information content (AvgIpc) is 2.42. The topological polar surface area (TPSA) is 29.1 Å². The van der Waals surface area contributed by atoms with Gasteiger partial charge < -0.3 is 5.32 Å². The Kier molecular flexibility index (Phi) is 5.21. The van der Waals surface area contributed by atoms with E-state index in [1.165, 1.54) is 5.56 Å². The molecule has 0 bridgehead atoms. The summed E-state index contributed by atoms with van der Waals surface area (Å²) in [5.41, 5.74) is 2.75. The second-order valence-electron chi connectivity index (χ2n) is 4.86. The van der Waals surface area contributed by atoms with E-state index in [-0.39, 0.29) is 5.91 Å². The molecule has 0 heterocycles. The molecule has 20 heavy (non-hydrogen) atoms. The van der Waals surface area contributed by atoms with Crippen LogP contribution in [0.5, 0.6) is 0 Å². The predicted molar refractivity (Wildman–Crippen MR) is 95.3 cm³/mol. The second-order valence-corrected chi connectivity index (χ2v) is 6.93. The number of benzene rings is 2. The molecule has 0 spiro atoms. The highest BCUT2D eigenvalue weighted by molar-refractivity contribution is 14.1. The van der Waals surface area contributed by atoms with Crippen molar-refractivity contribution in [3.8, 4) is 0 Å². The van der Waals surface area contributed by atoms with Crippen LogP contribution in [0.1, 0.15) is 35.7 Å². The van der Waals surface area contributed by atoms with Crippen LogP contribution >= 0.6 is 38.5 Å². The zero-order valence-corrected chi connectivity index (χ0v) is 15.0. The van der Waals surface area contributed by atoms with Gasteiger partial charge in [0.2, 0.25) is 0 Å². The van der Waals surface area contributed by atoms with Gasteiger partial charge in [-0.25, -0.2) is 0 Å². The number of hydrogen-bond acceptors (Lipinski definition) is 1. The van der Waals surface area contributed by atoms with Crippen LogP contribution in [0.2, 0.25) is 0 Å². The van der Waals surface area contributed by atoms with Crippen molar-refractivity contribution in [1.82, 2.24) is 0 Å². The minimum atomic E-state index is -0.0898. The summed E-state index contributed by atoms with van der Waals surface area (Å²) in [6.07, 6.45) is 0. The van der Waals surface area contributed by atoms with E-state index in [1.54, 1.807) is 0 Å². The first kappa shape index (κ1) is 15.5. The third-order valence-corrected chi connectivity index (χ3v) is 4.44. The van der Waals surface area contributed by atoms with Crippen molar-refractivity contribution >= 4 is 50.1 Å². The molecule has 2 aromatic rings. The normalized spacial score (nSPS) is 10.7. The maximum absolute atomic E-state index is 12.3. The molecular weight excluding hydrogens is 429 g/mol. The fraction of sp³-hybridized carbons (Fsp3) is 0.188. The molecule has 0 radical (unpaired) electrons. The highest BCUT2D eigenvalue weighted by Gasteiger charge is 2.11. The van der Waals surface area contributed by atoms with Gasteiger partial charge in [-0.1, -0.05) is 41.9 Å². The van der Waals surface area contributed by atoms with Crippen LogP contribution < -0.4 is 5.32 Å². The molecule has 2 rings (SSSR count). The van der Waals surface area contributed by atoms with E-state index in [2.05, 4.69) is 57.7 Å². The van der Waals surface area contributed by atoms with E-state index in [4.69, 9.17) is 0 Å². The number of rotatable bonds is 3. The molecule has 0 saturated heterocycles. The molecule has 2 nitrogen and oxygen atoms in total. The highest BCUT2D eigenvalue weighted by Crippen LogP contribution is 2.21. The summed E-state index contributed by atoms with van der Waals surface area (Å²) in [7, 11) is 0. The van der Waals surface area contributed by atoms with Gasteiger partial charge in [0.05, 0.1) is 5.56 Å². The summed E-state index contributed by atoms with van der Waals surface area (Å²) in [6.45, 7) is 4.30. The van der Waals surface area contributed by atoms with Crippen LogP contribution in [0.25, 0.3) is 0 Å². The molecule has 4 heteroatoms. The number of halogens is 2. The number of hydrogen-bond donors (Lipinski definition) is 1. The Morgan fingerprint density at radius 2 is 1.80 bits per heavy atom. The third kappa shape index (κ3) is 3.82. The number of carbonyl (C=O) groups excluding carboxylic acids is 1. The maximum Gasteiger partial charge on any atom is 0.256 e. The minimum Gasteiger partial charge on any atom is -0.322 e. The Balaban J connectivity index is 2.17. The largest absolute Gasteiger partial charge is 0.322 e. The molecular formula is C16H15BrINO. The lowest BCUT2D eigenvalue weighted by atomic mass is 10.0. The smallest absolute Gasteiger partial charge is 0.256 e. The van der Waals surface area contributed by atoms with E-state index in [1.807, 2.05) is 42.5 Å². The van der Waals surface area contributed by atoms with E-state index in [9.17, 15) is 4.79 Å². The van der Waals surface area contributed by atoms with Gasteiger partial charge >= 0.3 is 0 Å². The summed E-state index contributed by atoms with van der Waals surface area (Å²) < 4.78 is 1.83. The Hall–Kier alpha value is -0.880. The SMILES string of the molecule is CC(C)c1ccc(NC(=O)c2cc(Br)ccc2I)cc1. The van der Waals surface area contributed by atoms with E-state index in [0.29, 0.717) is 11.5 Å². The minimum absolute atomic E-state index is 0.0898. The molecule has 2 aromatic carbocycles. The second kappa shape index (κ2) is 6.72. The van der Waals surface area contributed by atoms with Gasteiger partial charge in [0.15, 0.2) is 0 Å². The number of anilines is 1. The number of amides is 1. The van der Waals surface area contributed by atoms with Crippen LogP contribution in [0.3, 0.4) is 0 Å². The molecule has 0 saturated carbocycles. The van der Waals surface area contributed by atoms with Gasteiger partial charge in [0.1, 0.15) is 0 Å². The van der Waals surface area contributed by atoms with Crippen molar-refractivity contribution in [2.45, 2.75) is 19.8 Å². The summed E-state index contributed by atoms with van der Waals surface area (Å²) in [6, 6.07) is 13.7. The Bertz CT molecular complexity index is 623. The van der Waals surface area contributed by atoms with Crippen LogP contribution in [0.15, 0.2) is 46.9 Å². The van der Waals surface area contributed by atoms with Crippen LogP contribution in [-0.2, 0) is 0 Å². The lowest BCUT2D eigenvalue weighted by Gasteiger charge is -2.09. The van der Waals surface area contributed by atoms with Gasteiger partial charge in [0.25, 0.3) is 5.91 Å². The van der Waals surface area contributed by atoms with Crippen molar-refractivity contribution in [1.29, 1.82) is 0 Å². The van der Waals surface area contributed by atoms with Crippen molar-refractivity contribution in [2.75, 3.05) is 5.32 Å². The summed E-state index contributed by atoms with van der Waals surface area (Å²) >= 11 is 5.56. The highest BCUT2D eigenvalue weighted by atomic mass is 127. The quantitative estimate of drug-likeness (QED) is 0.629. The van der Waals surface area contributed by atoms with Gasteiger partial charge in [-0.15, -0.1) is 0 Å². The molecule has 0 unspecified atom stereocenters. The zero-order valence-electron chi connectivity index (χ0n) is 11.3. The summed E-state index contributed by atoms with van der Waals surface area (Å²) in [4.78, 5) is 12.3. The van der Waals surface area contributed by atoms with Gasteiger partial charge in [0, 0.05) is 13.7 Å². The Morgan fingerprint density at radius 1 is 1.15 bits per heavy atom. The molecule has 0 fully saturated rings. The fourth-order valence-electron chi connectivity index (χ4n) is 1.82. The fourth-order valence-corrected chi connectivity index (χ4v) is 2.76. The molecule has 0 atom stereocenters. The molecule has 1 amide bonds. The van der Waals surface area contributed by atoms with E-state index >= 15 is 0 Å². The lowest BCUT2D eigenvalue weighted by molar-refractivity contribution is 0.102. The summed E-state index contributed by atoms with van der Waals surface area (Å²) in [5, 5.41) is 2.93. The number of nitrogens with one attached hydrogen (secondary N) is 1. The molecule has 0 aliphatic carbocycles. The molecule has 0 aliphatic rings. The first-order chi connectivity index (χ1) is 9.47. The third-order valence-electron chi connectivity index (χ3n) is 3.01. The van der Waals surface area contributed by atoms with Crippen molar-refractivity contribution in [3.05, 3.63) is 61.6 Å². The Morgan fingerprint density at radius 3 is 2.40 bits per heavy atom. The molecule has 104 valence electrons. The standard InChI is InChI=1S/C16H15BrINO/c1-10(2)11-3-6-13(7-4-11)19-16(20)14-9-12(17)5-8-15(14)18/h3-10H,1-2H3,(H,19,20). The van der Waals surface area contributed by atoms with Crippen LogP contribution in [-0.4, -0.2) is 5.91 Å². The van der Waals surface area contributed by atoms with Gasteiger partial charge in [-0.3, -0.25) is 4.79 Å².